The highest BCUT2D eigenvalue weighted by atomic mass is 19.4. The minimum Gasteiger partial charge on any atom is -0.468 e. The molecule has 0 spiro atoms. The Hall–Kier alpha value is -2.68. The van der Waals surface area contributed by atoms with Crippen LogP contribution in [0.3, 0.4) is 0 Å². The third kappa shape index (κ3) is 10.5. The predicted molar refractivity (Wildman–Crippen MR) is 99.9 cm³/mol. The highest BCUT2D eigenvalue weighted by Gasteiger charge is 2.28. The number of halogens is 3. The number of aryl methyl sites for hydroxylation is 1. The van der Waals surface area contributed by atoms with Gasteiger partial charge < -0.3 is 15.8 Å². The lowest BCUT2D eigenvalue weighted by Gasteiger charge is -2.11. The van der Waals surface area contributed by atoms with Crippen molar-refractivity contribution >= 4 is 5.91 Å². The molecule has 6 nitrogen and oxygen atoms in total. The third-order valence-corrected chi connectivity index (χ3v) is 2.85. The molecule has 2 aromatic rings. The number of nitrogens with two attached hydrogens (primary N) is 1. The van der Waals surface area contributed by atoms with E-state index in [1.807, 2.05) is 20.8 Å². The Labute approximate surface area is 162 Å². The lowest BCUT2D eigenvalue weighted by molar-refractivity contribution is -0.154. The molecular formula is C19H25F3N4O2. The number of hydrogen-bond acceptors (Lipinski definition) is 5. The zero-order chi connectivity index (χ0) is 21.4. The van der Waals surface area contributed by atoms with Crippen molar-refractivity contribution in [1.82, 2.24) is 15.3 Å². The van der Waals surface area contributed by atoms with Crippen LogP contribution in [0.5, 0.6) is 5.88 Å². The molecule has 0 aliphatic rings. The lowest BCUT2D eigenvalue weighted by Crippen LogP contribution is -2.26. The van der Waals surface area contributed by atoms with Crippen LogP contribution in [-0.4, -0.2) is 34.2 Å². The Morgan fingerprint density at radius 1 is 1.21 bits per heavy atom. The smallest absolute Gasteiger partial charge is 0.422 e. The van der Waals surface area contributed by atoms with Crippen LogP contribution in [0.25, 0.3) is 0 Å². The van der Waals surface area contributed by atoms with Gasteiger partial charge in [-0.2, -0.15) is 13.2 Å². The van der Waals surface area contributed by atoms with Gasteiger partial charge in [-0.25, -0.2) is 4.98 Å². The van der Waals surface area contributed by atoms with Gasteiger partial charge in [-0.1, -0.05) is 0 Å². The summed E-state index contributed by atoms with van der Waals surface area (Å²) in [5, 5.41) is 2.69. The standard InChI is InChI=1S/C15H14F3N3O2.C4H11N/c1-10-6-11(8-21-14(10)23-9-15(16,17)18)7-20-13(22)12-2-4-19-5-3-12;1-4(2,3)5/h2-6,8H,7,9H2,1H3,(H,20,22);5H2,1-3H3. The normalized spacial score (nSPS) is 11.3. The maximum atomic E-state index is 12.1. The molecule has 1 amide bonds. The zero-order valence-corrected chi connectivity index (χ0v) is 16.3. The van der Waals surface area contributed by atoms with Gasteiger partial charge in [0.15, 0.2) is 6.61 Å². The number of hydrogen-bond donors (Lipinski definition) is 2. The fourth-order valence-electron chi connectivity index (χ4n) is 1.81. The molecule has 2 aromatic heterocycles. The Balaban J connectivity index is 0.000000696. The summed E-state index contributed by atoms with van der Waals surface area (Å²) in [6.45, 7) is 6.30. The first-order valence-corrected chi connectivity index (χ1v) is 8.47. The largest absolute Gasteiger partial charge is 0.468 e. The molecule has 0 aromatic carbocycles. The van der Waals surface area contributed by atoms with Gasteiger partial charge in [0.25, 0.3) is 5.91 Å². The van der Waals surface area contributed by atoms with Crippen LogP contribution < -0.4 is 15.8 Å². The van der Waals surface area contributed by atoms with E-state index in [-0.39, 0.29) is 23.9 Å². The van der Waals surface area contributed by atoms with Crippen LogP contribution in [0.1, 0.15) is 42.3 Å². The first-order chi connectivity index (χ1) is 12.8. The van der Waals surface area contributed by atoms with E-state index in [9.17, 15) is 18.0 Å². The number of nitrogens with one attached hydrogen (secondary N) is 1. The predicted octanol–water partition coefficient (Wildman–Crippen LogP) is 3.40. The second kappa shape index (κ2) is 10.0. The van der Waals surface area contributed by atoms with Gasteiger partial charge in [0, 0.05) is 41.8 Å². The number of ether oxygens (including phenoxy) is 1. The maximum Gasteiger partial charge on any atom is 0.422 e. The van der Waals surface area contributed by atoms with Gasteiger partial charge in [0.1, 0.15) is 0 Å². The van der Waals surface area contributed by atoms with E-state index in [4.69, 9.17) is 5.73 Å². The molecule has 0 unspecified atom stereocenters. The molecule has 3 N–H and O–H groups in total. The van der Waals surface area contributed by atoms with Gasteiger partial charge in [-0.05, 0) is 51.5 Å². The molecule has 0 saturated carbocycles. The van der Waals surface area contributed by atoms with Crippen molar-refractivity contribution in [3.05, 3.63) is 53.5 Å². The van der Waals surface area contributed by atoms with Crippen LogP contribution in [0.2, 0.25) is 0 Å². The number of amides is 1. The van der Waals surface area contributed by atoms with E-state index < -0.39 is 12.8 Å². The fourth-order valence-corrected chi connectivity index (χ4v) is 1.81. The minimum absolute atomic E-state index is 0. The summed E-state index contributed by atoms with van der Waals surface area (Å²) in [6.07, 6.45) is -0.0301. The number of pyridine rings is 2. The van der Waals surface area contributed by atoms with Crippen molar-refractivity contribution in [2.24, 2.45) is 5.73 Å². The number of rotatable bonds is 5. The summed E-state index contributed by atoms with van der Waals surface area (Å²) in [7, 11) is 0. The molecule has 0 radical (unpaired) electrons. The Bertz CT molecular complexity index is 754. The van der Waals surface area contributed by atoms with Crippen molar-refractivity contribution in [3.8, 4) is 5.88 Å². The quantitative estimate of drug-likeness (QED) is 0.806. The molecule has 0 atom stereocenters. The maximum absolute atomic E-state index is 12.1. The monoisotopic (exact) mass is 398 g/mol. The topological polar surface area (TPSA) is 90.1 Å². The van der Waals surface area contributed by atoms with Crippen molar-refractivity contribution in [1.29, 1.82) is 0 Å². The van der Waals surface area contributed by atoms with E-state index in [1.165, 1.54) is 18.6 Å². The van der Waals surface area contributed by atoms with E-state index in [2.05, 4.69) is 20.0 Å². The molecule has 0 bridgehead atoms. The molecule has 154 valence electrons. The van der Waals surface area contributed by atoms with Crippen molar-refractivity contribution in [3.63, 3.8) is 0 Å². The van der Waals surface area contributed by atoms with E-state index in [0.717, 1.165) is 0 Å². The summed E-state index contributed by atoms with van der Waals surface area (Å²) in [6, 6.07) is 4.77. The number of aromatic nitrogens is 2. The van der Waals surface area contributed by atoms with Crippen LogP contribution in [-0.2, 0) is 6.54 Å². The van der Waals surface area contributed by atoms with Gasteiger partial charge in [0.2, 0.25) is 5.88 Å². The van der Waals surface area contributed by atoms with Gasteiger partial charge in [-0.15, -0.1) is 0 Å². The zero-order valence-electron chi connectivity index (χ0n) is 16.3. The first-order valence-electron chi connectivity index (χ1n) is 8.47. The summed E-state index contributed by atoms with van der Waals surface area (Å²) in [4.78, 5) is 19.5. The van der Waals surface area contributed by atoms with Crippen molar-refractivity contribution in [2.45, 2.75) is 46.0 Å². The molecule has 9 heteroatoms. The lowest BCUT2D eigenvalue weighted by atomic mass is 10.1. The Morgan fingerprint density at radius 2 is 1.79 bits per heavy atom. The number of alkyl halides is 3. The number of carbonyl (C=O) groups excluding carboxylic acids is 1. The Kier molecular flexibility index (Phi) is 8.36. The van der Waals surface area contributed by atoms with Crippen molar-refractivity contribution < 1.29 is 22.7 Å². The number of nitrogens with zero attached hydrogens (tertiary/aromatic N) is 2. The minimum atomic E-state index is -4.41. The highest BCUT2D eigenvalue weighted by molar-refractivity contribution is 5.93. The molecule has 0 fully saturated rings. The van der Waals surface area contributed by atoms with E-state index >= 15 is 0 Å². The molecule has 2 rings (SSSR count). The van der Waals surface area contributed by atoms with Gasteiger partial charge >= 0.3 is 6.18 Å². The summed E-state index contributed by atoms with van der Waals surface area (Å²) in [5.74, 6) is -0.353. The average Bonchev–Trinajstić information content (AvgIpc) is 2.57. The average molecular weight is 398 g/mol. The number of carbonyl (C=O) groups is 1. The fraction of sp³-hybridized carbons (Fsp3) is 0.421. The van der Waals surface area contributed by atoms with Gasteiger partial charge in [-0.3, -0.25) is 9.78 Å². The highest BCUT2D eigenvalue weighted by Crippen LogP contribution is 2.20. The molecule has 0 saturated heterocycles. The summed E-state index contributed by atoms with van der Waals surface area (Å²) in [5.41, 5.74) is 6.94. The SMILES string of the molecule is CC(C)(C)N.Cc1cc(CNC(=O)c2ccncc2)cnc1OCC(F)(F)F. The summed E-state index contributed by atoms with van der Waals surface area (Å²) >= 11 is 0. The Morgan fingerprint density at radius 3 is 2.29 bits per heavy atom. The molecule has 0 aliphatic carbocycles. The van der Waals surface area contributed by atoms with Crippen LogP contribution >= 0.6 is 0 Å². The second-order valence-electron chi connectivity index (χ2n) is 7.15. The second-order valence-corrected chi connectivity index (χ2v) is 7.15. The van der Waals surface area contributed by atoms with Crippen LogP contribution in [0.15, 0.2) is 36.8 Å². The molecule has 0 aliphatic heterocycles. The molecule has 2 heterocycles. The van der Waals surface area contributed by atoms with Crippen LogP contribution in [0, 0.1) is 6.92 Å². The third-order valence-electron chi connectivity index (χ3n) is 2.85. The van der Waals surface area contributed by atoms with E-state index in [1.54, 1.807) is 25.1 Å². The van der Waals surface area contributed by atoms with Crippen molar-refractivity contribution in [2.75, 3.05) is 6.61 Å². The summed E-state index contributed by atoms with van der Waals surface area (Å²) < 4.78 is 41.0. The molecular weight excluding hydrogens is 373 g/mol. The molecule has 28 heavy (non-hydrogen) atoms. The van der Waals surface area contributed by atoms with E-state index in [0.29, 0.717) is 16.7 Å². The van der Waals surface area contributed by atoms with Crippen LogP contribution in [0.4, 0.5) is 13.2 Å². The van der Waals surface area contributed by atoms with Gasteiger partial charge in [0.05, 0.1) is 0 Å². The first kappa shape index (κ1) is 23.4.